The van der Waals surface area contributed by atoms with Crippen molar-refractivity contribution in [2.24, 2.45) is 0 Å². The van der Waals surface area contributed by atoms with Gasteiger partial charge in [0.2, 0.25) is 15.9 Å². The number of hydrogen-bond donors (Lipinski definition) is 2. The van der Waals surface area contributed by atoms with E-state index in [1.165, 1.54) is 12.1 Å². The predicted molar refractivity (Wildman–Crippen MR) is 76.4 cm³/mol. The van der Waals surface area contributed by atoms with E-state index in [1.807, 2.05) is 0 Å². The molecule has 0 radical (unpaired) electrons. The molecule has 1 aliphatic rings. The maximum atomic E-state index is 13.3. The summed E-state index contributed by atoms with van der Waals surface area (Å²) >= 11 is 0. The monoisotopic (exact) mass is 315 g/mol. The van der Waals surface area contributed by atoms with Crippen molar-refractivity contribution < 1.29 is 17.6 Å². The maximum Gasteiger partial charge on any atom is 0.242 e. The Kier molecular flexibility index (Phi) is 4.79. The molecule has 1 saturated heterocycles. The van der Waals surface area contributed by atoms with Crippen LogP contribution in [0.2, 0.25) is 0 Å². The number of carbonyl (C=O) groups is 1. The highest BCUT2D eigenvalue weighted by atomic mass is 32.2. The first-order valence-corrected chi connectivity index (χ1v) is 8.21. The van der Waals surface area contributed by atoms with Crippen LogP contribution in [0.1, 0.15) is 19.3 Å². The number of para-hydroxylation sites is 1. The zero-order valence-corrected chi connectivity index (χ0v) is 12.3. The summed E-state index contributed by atoms with van der Waals surface area (Å²) in [6, 6.07) is 3.59. The Bertz CT molecular complexity index is 628. The van der Waals surface area contributed by atoms with Crippen LogP contribution in [0.5, 0.6) is 0 Å². The molecule has 1 amide bonds. The zero-order chi connectivity index (χ0) is 15.5. The van der Waals surface area contributed by atoms with E-state index < -0.39 is 21.5 Å². The number of hydrogen-bond acceptors (Lipinski definition) is 4. The number of amides is 1. The lowest BCUT2D eigenvalue weighted by molar-refractivity contribution is -0.129. The van der Waals surface area contributed by atoms with Crippen molar-refractivity contribution in [2.45, 2.75) is 24.2 Å². The molecular formula is C13H18FN3O3S. The number of carbonyl (C=O) groups excluding carboxylic acids is 1. The van der Waals surface area contributed by atoms with Gasteiger partial charge in [0.05, 0.1) is 5.69 Å². The van der Waals surface area contributed by atoms with Gasteiger partial charge in [0.15, 0.2) is 0 Å². The van der Waals surface area contributed by atoms with Crippen LogP contribution in [0.25, 0.3) is 0 Å². The lowest BCUT2D eigenvalue weighted by Gasteiger charge is -2.15. The SMILES string of the molecule is Nc1c(F)cccc1S(=O)(=O)NCCC(=O)N1CCCC1. The summed E-state index contributed by atoms with van der Waals surface area (Å²) in [5, 5.41) is 0. The van der Waals surface area contributed by atoms with Crippen LogP contribution in [0.3, 0.4) is 0 Å². The van der Waals surface area contributed by atoms with E-state index in [1.54, 1.807) is 4.90 Å². The van der Waals surface area contributed by atoms with Gasteiger partial charge in [-0.15, -0.1) is 0 Å². The molecule has 1 aromatic rings. The average molecular weight is 315 g/mol. The molecule has 8 heteroatoms. The van der Waals surface area contributed by atoms with E-state index in [9.17, 15) is 17.6 Å². The highest BCUT2D eigenvalue weighted by Crippen LogP contribution is 2.20. The Balaban J connectivity index is 1.95. The number of likely N-dealkylation sites (tertiary alicyclic amines) is 1. The van der Waals surface area contributed by atoms with Gasteiger partial charge < -0.3 is 10.6 Å². The smallest absolute Gasteiger partial charge is 0.242 e. The number of rotatable bonds is 5. The highest BCUT2D eigenvalue weighted by Gasteiger charge is 2.21. The molecule has 116 valence electrons. The Hall–Kier alpha value is -1.67. The average Bonchev–Trinajstić information content (AvgIpc) is 2.95. The van der Waals surface area contributed by atoms with E-state index in [0.717, 1.165) is 32.0 Å². The first kappa shape index (κ1) is 15.7. The molecular weight excluding hydrogens is 297 g/mol. The number of nitrogens with one attached hydrogen (secondary N) is 1. The lowest BCUT2D eigenvalue weighted by atomic mass is 10.3. The molecule has 3 N–H and O–H groups in total. The summed E-state index contributed by atoms with van der Waals surface area (Å²) in [6.45, 7) is 1.42. The minimum absolute atomic E-state index is 0.0341. The van der Waals surface area contributed by atoms with Crippen LogP contribution in [0, 0.1) is 5.82 Å². The molecule has 0 saturated carbocycles. The summed E-state index contributed by atoms with van der Waals surface area (Å²) in [5.41, 5.74) is 5.01. The molecule has 0 aliphatic carbocycles. The van der Waals surface area contributed by atoms with Gasteiger partial charge in [0.25, 0.3) is 0 Å². The van der Waals surface area contributed by atoms with E-state index in [2.05, 4.69) is 4.72 Å². The molecule has 1 heterocycles. The second-order valence-corrected chi connectivity index (χ2v) is 6.62. The van der Waals surface area contributed by atoms with Crippen molar-refractivity contribution in [2.75, 3.05) is 25.4 Å². The number of benzene rings is 1. The van der Waals surface area contributed by atoms with E-state index in [4.69, 9.17) is 5.73 Å². The largest absolute Gasteiger partial charge is 0.395 e. The molecule has 1 aromatic carbocycles. The number of nitrogen functional groups attached to an aromatic ring is 1. The van der Waals surface area contributed by atoms with Gasteiger partial charge in [-0.3, -0.25) is 4.79 Å². The topological polar surface area (TPSA) is 92.5 Å². The Morgan fingerprint density at radius 3 is 2.67 bits per heavy atom. The molecule has 21 heavy (non-hydrogen) atoms. The first-order valence-electron chi connectivity index (χ1n) is 6.73. The predicted octanol–water partition coefficient (Wildman–Crippen LogP) is 0.699. The standard InChI is InChI=1S/C13H18FN3O3S/c14-10-4-3-5-11(13(10)15)21(19,20)16-7-6-12(18)17-8-1-2-9-17/h3-5,16H,1-2,6-9,15H2. The maximum absolute atomic E-state index is 13.3. The Labute approximate surface area is 123 Å². The number of nitrogens with zero attached hydrogens (tertiary/aromatic N) is 1. The van der Waals surface area contributed by atoms with Crippen molar-refractivity contribution >= 4 is 21.6 Å². The van der Waals surface area contributed by atoms with Gasteiger partial charge in [0, 0.05) is 26.1 Å². The van der Waals surface area contributed by atoms with Gasteiger partial charge in [-0.05, 0) is 25.0 Å². The van der Waals surface area contributed by atoms with Crippen molar-refractivity contribution in [3.05, 3.63) is 24.0 Å². The van der Waals surface area contributed by atoms with Gasteiger partial charge in [-0.2, -0.15) is 0 Å². The third kappa shape index (κ3) is 3.70. The number of sulfonamides is 1. The Morgan fingerprint density at radius 2 is 2.00 bits per heavy atom. The summed E-state index contributed by atoms with van der Waals surface area (Å²) in [5.74, 6) is -0.867. The third-order valence-corrected chi connectivity index (χ3v) is 4.91. The van der Waals surface area contributed by atoms with E-state index in [-0.39, 0.29) is 23.8 Å². The van der Waals surface area contributed by atoms with Crippen molar-refractivity contribution in [3.63, 3.8) is 0 Å². The summed E-state index contributed by atoms with van der Waals surface area (Å²) < 4.78 is 39.6. The van der Waals surface area contributed by atoms with Gasteiger partial charge >= 0.3 is 0 Å². The number of nitrogens with two attached hydrogens (primary N) is 1. The second-order valence-electron chi connectivity index (χ2n) is 4.89. The molecule has 0 atom stereocenters. The molecule has 0 spiro atoms. The zero-order valence-electron chi connectivity index (χ0n) is 11.5. The van der Waals surface area contributed by atoms with Gasteiger partial charge in [0.1, 0.15) is 10.7 Å². The van der Waals surface area contributed by atoms with Crippen LogP contribution in [0.15, 0.2) is 23.1 Å². The highest BCUT2D eigenvalue weighted by molar-refractivity contribution is 7.89. The fourth-order valence-corrected chi connectivity index (χ4v) is 3.42. The Morgan fingerprint density at radius 1 is 1.33 bits per heavy atom. The second kappa shape index (κ2) is 6.40. The number of halogens is 1. The molecule has 1 fully saturated rings. The van der Waals surface area contributed by atoms with Crippen molar-refractivity contribution in [3.8, 4) is 0 Å². The van der Waals surface area contributed by atoms with E-state index in [0.29, 0.717) is 0 Å². The number of anilines is 1. The molecule has 0 aromatic heterocycles. The van der Waals surface area contributed by atoms with Crippen molar-refractivity contribution in [1.29, 1.82) is 0 Å². The van der Waals surface area contributed by atoms with Gasteiger partial charge in [-0.25, -0.2) is 17.5 Å². The summed E-state index contributed by atoms with van der Waals surface area (Å²) in [7, 11) is -3.92. The van der Waals surface area contributed by atoms with Crippen molar-refractivity contribution in [1.82, 2.24) is 9.62 Å². The lowest BCUT2D eigenvalue weighted by Crippen LogP contribution is -2.33. The quantitative estimate of drug-likeness (QED) is 0.782. The van der Waals surface area contributed by atoms with Crippen LogP contribution in [0.4, 0.5) is 10.1 Å². The van der Waals surface area contributed by atoms with E-state index >= 15 is 0 Å². The molecule has 0 bridgehead atoms. The fourth-order valence-electron chi connectivity index (χ4n) is 2.25. The minimum atomic E-state index is -3.92. The summed E-state index contributed by atoms with van der Waals surface area (Å²) in [6.07, 6.45) is 2.04. The molecule has 6 nitrogen and oxygen atoms in total. The normalized spacial score (nSPS) is 15.4. The molecule has 1 aliphatic heterocycles. The summed E-state index contributed by atoms with van der Waals surface area (Å²) in [4.78, 5) is 13.2. The first-order chi connectivity index (χ1) is 9.92. The fraction of sp³-hybridized carbons (Fsp3) is 0.462. The minimum Gasteiger partial charge on any atom is -0.395 e. The molecule has 0 unspecified atom stereocenters. The van der Waals surface area contributed by atoms with Crippen LogP contribution in [-0.2, 0) is 14.8 Å². The third-order valence-electron chi connectivity index (χ3n) is 3.39. The van der Waals surface area contributed by atoms with Crippen LogP contribution in [-0.4, -0.2) is 38.9 Å². The molecule has 2 rings (SSSR count). The van der Waals surface area contributed by atoms with Crippen LogP contribution < -0.4 is 10.5 Å². The van der Waals surface area contributed by atoms with Crippen LogP contribution >= 0.6 is 0 Å². The van der Waals surface area contributed by atoms with Gasteiger partial charge in [-0.1, -0.05) is 6.07 Å².